The van der Waals surface area contributed by atoms with E-state index in [1.807, 2.05) is 6.07 Å². The number of para-hydroxylation sites is 1. The van der Waals surface area contributed by atoms with E-state index in [0.29, 0.717) is 24.3 Å². The highest BCUT2D eigenvalue weighted by Crippen LogP contribution is 2.25. The molecule has 27 heavy (non-hydrogen) atoms. The summed E-state index contributed by atoms with van der Waals surface area (Å²) in [7, 11) is -3.34. The molecule has 0 spiro atoms. The van der Waals surface area contributed by atoms with Crippen molar-refractivity contribution in [1.82, 2.24) is 0 Å². The third kappa shape index (κ3) is 4.46. The van der Waals surface area contributed by atoms with Gasteiger partial charge >= 0.3 is 5.97 Å². The van der Waals surface area contributed by atoms with Crippen LogP contribution in [-0.2, 0) is 19.6 Å². The lowest BCUT2D eigenvalue weighted by Crippen LogP contribution is -2.30. The lowest BCUT2D eigenvalue weighted by Gasteiger charge is -2.18. The van der Waals surface area contributed by atoms with Crippen molar-refractivity contribution >= 4 is 33.3 Å². The van der Waals surface area contributed by atoms with Crippen molar-refractivity contribution in [3.8, 4) is 0 Å². The minimum absolute atomic E-state index is 0.0956. The summed E-state index contributed by atoms with van der Waals surface area (Å²) >= 11 is 0. The van der Waals surface area contributed by atoms with Crippen LogP contribution in [0.2, 0.25) is 0 Å². The van der Waals surface area contributed by atoms with Crippen LogP contribution in [0.1, 0.15) is 23.7 Å². The van der Waals surface area contributed by atoms with Crippen LogP contribution in [0.4, 0.5) is 11.4 Å². The molecular formula is C19H20N2O5S. The molecule has 1 amide bonds. The van der Waals surface area contributed by atoms with E-state index < -0.39 is 28.0 Å². The first-order valence-corrected chi connectivity index (χ1v) is 10.1. The van der Waals surface area contributed by atoms with Crippen LogP contribution in [0.15, 0.2) is 54.6 Å². The molecule has 0 radical (unpaired) electrons. The number of hydrogen-bond donors (Lipinski definition) is 1. The minimum Gasteiger partial charge on any atom is -0.449 e. The lowest BCUT2D eigenvalue weighted by atomic mass is 10.2. The molecule has 142 valence electrons. The predicted octanol–water partition coefficient (Wildman–Crippen LogP) is 2.41. The van der Waals surface area contributed by atoms with Gasteiger partial charge in [-0.2, -0.15) is 0 Å². The van der Waals surface area contributed by atoms with Crippen molar-refractivity contribution < 1.29 is 22.7 Å². The average molecular weight is 388 g/mol. The molecule has 0 aromatic heterocycles. The molecule has 0 bridgehead atoms. The van der Waals surface area contributed by atoms with Crippen molar-refractivity contribution in [3.63, 3.8) is 0 Å². The Hall–Kier alpha value is -2.87. The molecule has 8 heteroatoms. The Kier molecular flexibility index (Phi) is 5.46. The maximum atomic E-state index is 12.4. The SMILES string of the molecule is CC(OC(=O)c1cccc(N2CCCS2(=O)=O)c1)C(=O)Nc1ccccc1. The molecule has 1 atom stereocenters. The monoisotopic (exact) mass is 388 g/mol. The highest BCUT2D eigenvalue weighted by atomic mass is 32.2. The Morgan fingerprint density at radius 3 is 2.52 bits per heavy atom. The fourth-order valence-electron chi connectivity index (χ4n) is 2.77. The fraction of sp³-hybridized carbons (Fsp3) is 0.263. The number of amides is 1. The van der Waals surface area contributed by atoms with Crippen molar-refractivity contribution in [2.75, 3.05) is 21.9 Å². The summed E-state index contributed by atoms with van der Waals surface area (Å²) in [5.74, 6) is -1.05. The summed E-state index contributed by atoms with van der Waals surface area (Å²) in [5.41, 5.74) is 1.21. The standard InChI is InChI=1S/C19H20N2O5S/c1-14(18(22)20-16-8-3-2-4-9-16)26-19(23)15-7-5-10-17(13-15)21-11-6-12-27(21,24)25/h2-5,7-10,13-14H,6,11-12H2,1H3,(H,20,22). The van der Waals surface area contributed by atoms with Crippen molar-refractivity contribution in [2.24, 2.45) is 0 Å². The molecule has 0 saturated carbocycles. The number of rotatable bonds is 5. The van der Waals surface area contributed by atoms with Gasteiger partial charge in [-0.05, 0) is 43.7 Å². The van der Waals surface area contributed by atoms with Crippen LogP contribution < -0.4 is 9.62 Å². The van der Waals surface area contributed by atoms with E-state index in [9.17, 15) is 18.0 Å². The first kappa shape index (κ1) is 18.9. The summed E-state index contributed by atoms with van der Waals surface area (Å²) in [6.45, 7) is 1.86. The number of sulfonamides is 1. The molecule has 1 aliphatic rings. The van der Waals surface area contributed by atoms with E-state index in [1.54, 1.807) is 36.4 Å². The number of nitrogens with zero attached hydrogens (tertiary/aromatic N) is 1. The smallest absolute Gasteiger partial charge is 0.338 e. The number of anilines is 2. The largest absolute Gasteiger partial charge is 0.449 e. The molecular weight excluding hydrogens is 368 g/mol. The number of benzene rings is 2. The Bertz CT molecular complexity index is 944. The van der Waals surface area contributed by atoms with Crippen LogP contribution in [-0.4, -0.2) is 38.7 Å². The van der Waals surface area contributed by atoms with Crippen molar-refractivity contribution in [3.05, 3.63) is 60.2 Å². The molecule has 1 heterocycles. The molecule has 1 N–H and O–H groups in total. The minimum atomic E-state index is -3.34. The molecule has 2 aromatic carbocycles. The highest BCUT2D eigenvalue weighted by molar-refractivity contribution is 7.93. The number of ether oxygens (including phenoxy) is 1. The van der Waals surface area contributed by atoms with Gasteiger partial charge in [0.2, 0.25) is 10.0 Å². The Balaban J connectivity index is 1.67. The summed E-state index contributed by atoms with van der Waals surface area (Å²) in [5, 5.41) is 2.66. The van der Waals surface area contributed by atoms with E-state index in [1.165, 1.54) is 23.4 Å². The quantitative estimate of drug-likeness (QED) is 0.794. The number of esters is 1. The molecule has 1 unspecified atom stereocenters. The zero-order valence-electron chi connectivity index (χ0n) is 14.8. The van der Waals surface area contributed by atoms with Gasteiger partial charge in [0.1, 0.15) is 0 Å². The maximum Gasteiger partial charge on any atom is 0.338 e. The zero-order valence-corrected chi connectivity index (χ0v) is 15.6. The van der Waals surface area contributed by atoms with Crippen molar-refractivity contribution in [1.29, 1.82) is 0 Å². The zero-order chi connectivity index (χ0) is 19.4. The van der Waals surface area contributed by atoms with E-state index >= 15 is 0 Å². The maximum absolute atomic E-state index is 12.4. The van der Waals surface area contributed by atoms with Crippen LogP contribution in [0.5, 0.6) is 0 Å². The van der Waals surface area contributed by atoms with E-state index in [-0.39, 0.29) is 11.3 Å². The molecule has 1 saturated heterocycles. The predicted molar refractivity (Wildman–Crippen MR) is 102 cm³/mol. The Morgan fingerprint density at radius 2 is 1.85 bits per heavy atom. The molecule has 7 nitrogen and oxygen atoms in total. The average Bonchev–Trinajstić information content (AvgIpc) is 3.01. The summed E-state index contributed by atoms with van der Waals surface area (Å²) in [6, 6.07) is 15.1. The molecule has 1 fully saturated rings. The molecule has 2 aromatic rings. The first-order valence-electron chi connectivity index (χ1n) is 8.54. The summed E-state index contributed by atoms with van der Waals surface area (Å²) in [4.78, 5) is 24.5. The number of hydrogen-bond acceptors (Lipinski definition) is 5. The van der Waals surface area contributed by atoms with Crippen molar-refractivity contribution in [2.45, 2.75) is 19.4 Å². The number of carbonyl (C=O) groups excluding carboxylic acids is 2. The van der Waals surface area contributed by atoms with Crippen LogP contribution in [0.25, 0.3) is 0 Å². The van der Waals surface area contributed by atoms with Gasteiger partial charge in [0.25, 0.3) is 5.91 Å². The second kappa shape index (κ2) is 7.79. The van der Waals surface area contributed by atoms with Crippen LogP contribution >= 0.6 is 0 Å². The van der Waals surface area contributed by atoms with E-state index in [0.717, 1.165) is 0 Å². The second-order valence-corrected chi connectivity index (χ2v) is 8.21. The van der Waals surface area contributed by atoms with Gasteiger partial charge in [0.05, 0.1) is 17.0 Å². The first-order chi connectivity index (χ1) is 12.9. The highest BCUT2D eigenvalue weighted by Gasteiger charge is 2.29. The summed E-state index contributed by atoms with van der Waals surface area (Å²) in [6.07, 6.45) is -0.454. The van der Waals surface area contributed by atoms with E-state index in [4.69, 9.17) is 4.74 Å². The van der Waals surface area contributed by atoms with Gasteiger partial charge in [0.15, 0.2) is 6.10 Å². The Labute approximate surface area is 158 Å². The molecule has 3 rings (SSSR count). The van der Waals surface area contributed by atoms with Crippen LogP contribution in [0.3, 0.4) is 0 Å². The second-order valence-electron chi connectivity index (χ2n) is 6.19. The molecule has 0 aliphatic carbocycles. The molecule has 1 aliphatic heterocycles. The lowest BCUT2D eigenvalue weighted by molar-refractivity contribution is -0.123. The van der Waals surface area contributed by atoms with Gasteiger partial charge in [-0.1, -0.05) is 24.3 Å². The van der Waals surface area contributed by atoms with Gasteiger partial charge in [-0.3, -0.25) is 9.10 Å². The fourth-order valence-corrected chi connectivity index (χ4v) is 4.32. The number of carbonyl (C=O) groups is 2. The normalized spacial score (nSPS) is 16.6. The van der Waals surface area contributed by atoms with Gasteiger partial charge in [-0.15, -0.1) is 0 Å². The summed E-state index contributed by atoms with van der Waals surface area (Å²) < 4.78 is 30.6. The van der Waals surface area contributed by atoms with Gasteiger partial charge < -0.3 is 10.1 Å². The van der Waals surface area contributed by atoms with E-state index in [2.05, 4.69) is 5.32 Å². The third-order valence-electron chi connectivity index (χ3n) is 4.16. The topological polar surface area (TPSA) is 92.8 Å². The van der Waals surface area contributed by atoms with Gasteiger partial charge in [0, 0.05) is 12.2 Å². The van der Waals surface area contributed by atoms with Crippen LogP contribution in [0, 0.1) is 0 Å². The third-order valence-corrected chi connectivity index (χ3v) is 6.03. The Morgan fingerprint density at radius 1 is 1.11 bits per heavy atom. The van der Waals surface area contributed by atoms with Gasteiger partial charge in [-0.25, -0.2) is 13.2 Å². The number of nitrogens with one attached hydrogen (secondary N) is 1.